The van der Waals surface area contributed by atoms with Gasteiger partial charge in [-0.1, -0.05) is 19.1 Å². The van der Waals surface area contributed by atoms with Crippen LogP contribution in [0, 0.1) is 5.92 Å². The van der Waals surface area contributed by atoms with Crippen molar-refractivity contribution < 1.29 is 14.1 Å². The average Bonchev–Trinajstić information content (AvgIpc) is 2.85. The summed E-state index contributed by atoms with van der Waals surface area (Å²) in [6, 6.07) is 7.14. The molecule has 124 valence electrons. The highest BCUT2D eigenvalue weighted by Gasteiger charge is 2.18. The summed E-state index contributed by atoms with van der Waals surface area (Å²) < 4.78 is 6.51. The van der Waals surface area contributed by atoms with Crippen LogP contribution in [0.1, 0.15) is 19.8 Å². The van der Waals surface area contributed by atoms with Gasteiger partial charge in [-0.2, -0.15) is 0 Å². The van der Waals surface area contributed by atoms with Crippen molar-refractivity contribution in [1.29, 1.82) is 0 Å². The van der Waals surface area contributed by atoms with E-state index in [9.17, 15) is 9.59 Å². The number of carbonyl (C=O) groups is 1. The average molecular weight is 318 g/mol. The predicted molar refractivity (Wildman–Crippen MR) is 87.4 cm³/mol. The Bertz CT molecular complexity index is 726. The Morgan fingerprint density at radius 1 is 1.35 bits per heavy atom. The number of quaternary nitrogens is 1. The zero-order valence-corrected chi connectivity index (χ0v) is 13.5. The maximum absolute atomic E-state index is 12.1. The zero-order chi connectivity index (χ0) is 16.2. The molecule has 0 bridgehead atoms. The predicted octanol–water partition coefficient (Wildman–Crippen LogP) is 0.0255. The molecule has 1 amide bonds. The second-order valence-electron chi connectivity index (χ2n) is 6.45. The summed E-state index contributed by atoms with van der Waals surface area (Å²) in [6.07, 6.45) is 2.53. The summed E-state index contributed by atoms with van der Waals surface area (Å²) >= 11 is 0. The molecular formula is C17H24N3O3+. The Balaban J connectivity index is 1.51. The molecule has 2 aromatic rings. The Kier molecular flexibility index (Phi) is 4.81. The highest BCUT2D eigenvalue weighted by molar-refractivity contribution is 5.79. The highest BCUT2D eigenvalue weighted by atomic mass is 16.4. The fraction of sp³-hybridized carbons (Fsp3) is 0.529. The molecule has 2 heterocycles. The number of para-hydroxylation sites is 2. The number of likely N-dealkylation sites (tertiary alicyclic amines) is 1. The normalized spacial score (nSPS) is 21.4. The minimum atomic E-state index is -0.489. The Morgan fingerprint density at radius 2 is 2.09 bits per heavy atom. The number of rotatable bonds is 5. The molecule has 0 radical (unpaired) electrons. The minimum Gasteiger partial charge on any atom is -0.408 e. The molecule has 1 fully saturated rings. The molecule has 6 heteroatoms. The molecule has 23 heavy (non-hydrogen) atoms. The molecule has 0 atom stereocenters. The maximum atomic E-state index is 12.1. The van der Waals surface area contributed by atoms with Gasteiger partial charge in [-0.15, -0.1) is 0 Å². The highest BCUT2D eigenvalue weighted by Crippen LogP contribution is 2.11. The van der Waals surface area contributed by atoms with E-state index in [4.69, 9.17) is 4.42 Å². The molecule has 0 unspecified atom stereocenters. The fourth-order valence-electron chi connectivity index (χ4n) is 3.16. The van der Waals surface area contributed by atoms with E-state index in [0.717, 1.165) is 12.5 Å². The molecule has 0 spiro atoms. The minimum absolute atomic E-state index is 0.00220. The van der Waals surface area contributed by atoms with Crippen LogP contribution in [-0.2, 0) is 11.3 Å². The smallest absolute Gasteiger partial charge is 0.408 e. The lowest BCUT2D eigenvalue weighted by Crippen LogP contribution is -3.13. The fourth-order valence-corrected chi connectivity index (χ4v) is 3.16. The number of nitrogens with one attached hydrogen (secondary N) is 2. The first-order chi connectivity index (χ1) is 11.1. The lowest BCUT2D eigenvalue weighted by Gasteiger charge is -2.27. The molecule has 2 N–H and O–H groups in total. The third-order valence-electron chi connectivity index (χ3n) is 4.66. The van der Waals surface area contributed by atoms with Gasteiger partial charge >= 0.3 is 5.76 Å². The summed E-state index contributed by atoms with van der Waals surface area (Å²) in [5.74, 6) is 0.190. The van der Waals surface area contributed by atoms with E-state index in [1.807, 2.05) is 6.07 Å². The Hall–Kier alpha value is -2.08. The van der Waals surface area contributed by atoms with Gasteiger partial charge in [0.2, 0.25) is 5.91 Å². The molecule has 0 aliphatic carbocycles. The van der Waals surface area contributed by atoms with E-state index in [0.29, 0.717) is 17.6 Å². The summed E-state index contributed by atoms with van der Waals surface area (Å²) in [7, 11) is 0. The third kappa shape index (κ3) is 3.82. The van der Waals surface area contributed by atoms with Gasteiger partial charge in [0.15, 0.2) is 5.58 Å². The number of oxazole rings is 1. The number of amides is 1. The van der Waals surface area contributed by atoms with Crippen LogP contribution in [0.4, 0.5) is 0 Å². The van der Waals surface area contributed by atoms with E-state index < -0.39 is 5.76 Å². The number of carbonyl (C=O) groups excluding carboxylic acids is 1. The Labute approximate surface area is 135 Å². The van der Waals surface area contributed by atoms with Gasteiger partial charge in [0, 0.05) is 0 Å². The molecular weight excluding hydrogens is 294 g/mol. The number of hydrogen-bond acceptors (Lipinski definition) is 3. The molecule has 1 aromatic carbocycles. The lowest BCUT2D eigenvalue weighted by atomic mass is 9.99. The van der Waals surface area contributed by atoms with Crippen molar-refractivity contribution in [2.24, 2.45) is 5.92 Å². The molecule has 3 rings (SSSR count). The second kappa shape index (κ2) is 7.00. The van der Waals surface area contributed by atoms with Gasteiger partial charge in [-0.25, -0.2) is 4.79 Å². The lowest BCUT2D eigenvalue weighted by molar-refractivity contribution is -0.904. The zero-order valence-electron chi connectivity index (χ0n) is 13.5. The van der Waals surface area contributed by atoms with Crippen molar-refractivity contribution in [3.63, 3.8) is 0 Å². The quantitative estimate of drug-likeness (QED) is 0.817. The largest absolute Gasteiger partial charge is 0.420 e. The second-order valence-corrected chi connectivity index (χ2v) is 6.45. The van der Waals surface area contributed by atoms with E-state index in [1.165, 1.54) is 30.5 Å². The molecule has 1 aromatic heterocycles. The first-order valence-corrected chi connectivity index (χ1v) is 8.32. The van der Waals surface area contributed by atoms with Crippen molar-refractivity contribution in [3.8, 4) is 0 Å². The van der Waals surface area contributed by atoms with Crippen molar-refractivity contribution >= 4 is 17.0 Å². The number of hydrogen-bond donors (Lipinski definition) is 2. The van der Waals surface area contributed by atoms with Crippen LogP contribution in [0.5, 0.6) is 0 Å². The van der Waals surface area contributed by atoms with Gasteiger partial charge in [0.25, 0.3) is 0 Å². The summed E-state index contributed by atoms with van der Waals surface area (Å²) in [6.45, 7) is 6.26. The molecule has 6 nitrogen and oxygen atoms in total. The van der Waals surface area contributed by atoms with Crippen LogP contribution in [0.15, 0.2) is 33.5 Å². The number of aromatic nitrogens is 1. The van der Waals surface area contributed by atoms with Crippen molar-refractivity contribution in [1.82, 2.24) is 9.88 Å². The number of benzene rings is 1. The van der Waals surface area contributed by atoms with E-state index in [-0.39, 0.29) is 12.5 Å². The standard InChI is InChI=1S/C17H23N3O3/c1-13-6-9-19(10-7-13)11-8-18-16(21)12-20-14-4-2-3-5-15(14)23-17(20)22/h2-5,13H,6-12H2,1H3,(H,18,21)/p+1. The molecule has 0 saturated carbocycles. The Morgan fingerprint density at radius 3 is 2.87 bits per heavy atom. The van der Waals surface area contributed by atoms with Crippen LogP contribution in [0.25, 0.3) is 11.1 Å². The van der Waals surface area contributed by atoms with Crippen molar-refractivity contribution in [3.05, 3.63) is 34.8 Å². The summed E-state index contributed by atoms with van der Waals surface area (Å²) in [5.41, 5.74) is 1.17. The van der Waals surface area contributed by atoms with Crippen LogP contribution < -0.4 is 16.0 Å². The number of nitrogens with zero attached hydrogens (tertiary/aromatic N) is 1. The number of piperidine rings is 1. The summed E-state index contributed by atoms with van der Waals surface area (Å²) in [5, 5.41) is 2.91. The van der Waals surface area contributed by atoms with E-state index in [2.05, 4.69) is 12.2 Å². The van der Waals surface area contributed by atoms with Crippen molar-refractivity contribution in [2.75, 3.05) is 26.2 Å². The van der Waals surface area contributed by atoms with Gasteiger partial charge in [-0.3, -0.25) is 9.36 Å². The first-order valence-electron chi connectivity index (χ1n) is 8.32. The van der Waals surface area contributed by atoms with Gasteiger partial charge < -0.3 is 14.6 Å². The van der Waals surface area contributed by atoms with Crippen LogP contribution in [0.3, 0.4) is 0 Å². The number of fused-ring (bicyclic) bond motifs is 1. The topological polar surface area (TPSA) is 68.7 Å². The van der Waals surface area contributed by atoms with E-state index in [1.54, 1.807) is 23.1 Å². The van der Waals surface area contributed by atoms with Gasteiger partial charge in [0.1, 0.15) is 6.54 Å². The molecule has 1 aliphatic rings. The van der Waals surface area contributed by atoms with Crippen LogP contribution >= 0.6 is 0 Å². The van der Waals surface area contributed by atoms with Gasteiger partial charge in [0.05, 0.1) is 31.7 Å². The van der Waals surface area contributed by atoms with Crippen LogP contribution in [-0.4, -0.2) is 36.7 Å². The van der Waals surface area contributed by atoms with Crippen molar-refractivity contribution in [2.45, 2.75) is 26.3 Å². The first kappa shape index (κ1) is 15.8. The van der Waals surface area contributed by atoms with E-state index >= 15 is 0 Å². The maximum Gasteiger partial charge on any atom is 0.420 e. The molecule has 1 saturated heterocycles. The van der Waals surface area contributed by atoms with Gasteiger partial charge in [-0.05, 0) is 30.9 Å². The SMILES string of the molecule is CC1CC[NH+](CCNC(=O)Cn2c(=O)oc3ccccc32)CC1. The monoisotopic (exact) mass is 318 g/mol. The summed E-state index contributed by atoms with van der Waals surface area (Å²) in [4.78, 5) is 25.5. The molecule has 1 aliphatic heterocycles. The van der Waals surface area contributed by atoms with Crippen LogP contribution in [0.2, 0.25) is 0 Å². The third-order valence-corrected chi connectivity index (χ3v) is 4.66.